The first-order valence-corrected chi connectivity index (χ1v) is 11.6. The van der Waals surface area contributed by atoms with Crippen LogP contribution < -0.4 is 9.47 Å². The van der Waals surface area contributed by atoms with Crippen LogP contribution in [0.5, 0.6) is 11.5 Å². The summed E-state index contributed by atoms with van der Waals surface area (Å²) >= 11 is 3.13. The van der Waals surface area contributed by atoms with Gasteiger partial charge in [-0.05, 0) is 87.5 Å². The molecule has 0 bridgehead atoms. The average molecular weight is 545 g/mol. The SMILES string of the molecule is CCOc1cc(/C=C2\SC(=O)N(Cc3ccc4ccccc4c3)C2=O)cc(I)c1OC. The van der Waals surface area contributed by atoms with E-state index in [0.29, 0.717) is 23.0 Å². The van der Waals surface area contributed by atoms with Gasteiger partial charge in [0.2, 0.25) is 0 Å². The number of thioether (sulfide) groups is 1. The Bertz CT molecular complexity index is 1210. The number of hydrogen-bond acceptors (Lipinski definition) is 5. The molecule has 3 aromatic rings. The number of ether oxygens (including phenoxy) is 2. The zero-order valence-corrected chi connectivity index (χ0v) is 20.0. The van der Waals surface area contributed by atoms with Crippen molar-refractivity contribution in [1.82, 2.24) is 4.90 Å². The van der Waals surface area contributed by atoms with Gasteiger partial charge in [0.1, 0.15) is 0 Å². The highest BCUT2D eigenvalue weighted by Crippen LogP contribution is 2.37. The number of carbonyl (C=O) groups is 2. The first-order chi connectivity index (χ1) is 15.0. The molecule has 1 fully saturated rings. The molecular weight excluding hydrogens is 525 g/mol. The van der Waals surface area contributed by atoms with Gasteiger partial charge in [0.15, 0.2) is 11.5 Å². The predicted molar refractivity (Wildman–Crippen MR) is 132 cm³/mol. The van der Waals surface area contributed by atoms with E-state index in [4.69, 9.17) is 9.47 Å². The summed E-state index contributed by atoms with van der Waals surface area (Å²) in [5.74, 6) is 0.981. The van der Waals surface area contributed by atoms with E-state index in [2.05, 4.69) is 22.6 Å². The largest absolute Gasteiger partial charge is 0.492 e. The van der Waals surface area contributed by atoms with Gasteiger partial charge in [-0.3, -0.25) is 14.5 Å². The van der Waals surface area contributed by atoms with Gasteiger partial charge in [-0.25, -0.2) is 0 Å². The van der Waals surface area contributed by atoms with Crippen molar-refractivity contribution in [2.75, 3.05) is 13.7 Å². The summed E-state index contributed by atoms with van der Waals surface area (Å²) in [6, 6.07) is 17.7. The van der Waals surface area contributed by atoms with E-state index < -0.39 is 0 Å². The van der Waals surface area contributed by atoms with Gasteiger partial charge < -0.3 is 9.47 Å². The van der Waals surface area contributed by atoms with E-state index in [1.54, 1.807) is 13.2 Å². The fourth-order valence-electron chi connectivity index (χ4n) is 3.44. The van der Waals surface area contributed by atoms with Gasteiger partial charge >= 0.3 is 0 Å². The van der Waals surface area contributed by atoms with Crippen molar-refractivity contribution in [1.29, 1.82) is 0 Å². The Morgan fingerprint density at radius 3 is 2.58 bits per heavy atom. The molecule has 0 atom stereocenters. The normalized spacial score (nSPS) is 15.2. The van der Waals surface area contributed by atoms with Crippen molar-refractivity contribution in [3.05, 3.63) is 74.2 Å². The van der Waals surface area contributed by atoms with Crippen LogP contribution >= 0.6 is 34.4 Å². The molecule has 1 saturated heterocycles. The average Bonchev–Trinajstić information content (AvgIpc) is 3.01. The van der Waals surface area contributed by atoms with E-state index in [0.717, 1.165) is 37.2 Å². The van der Waals surface area contributed by atoms with Crippen molar-refractivity contribution in [2.45, 2.75) is 13.5 Å². The molecule has 3 aromatic carbocycles. The molecule has 0 aromatic heterocycles. The Kier molecular flexibility index (Phi) is 6.52. The van der Waals surface area contributed by atoms with Crippen LogP contribution in [0, 0.1) is 3.57 Å². The molecule has 0 aliphatic carbocycles. The third kappa shape index (κ3) is 4.57. The molecule has 5 nitrogen and oxygen atoms in total. The Morgan fingerprint density at radius 2 is 1.84 bits per heavy atom. The number of benzene rings is 3. The predicted octanol–water partition coefficient (Wildman–Crippen LogP) is 6.09. The Morgan fingerprint density at radius 1 is 1.06 bits per heavy atom. The molecule has 2 amide bonds. The summed E-state index contributed by atoms with van der Waals surface area (Å²) in [4.78, 5) is 27.2. The highest BCUT2D eigenvalue weighted by Gasteiger charge is 2.35. The maximum absolute atomic E-state index is 13.0. The van der Waals surface area contributed by atoms with Crippen LogP contribution in [0.3, 0.4) is 0 Å². The topological polar surface area (TPSA) is 55.8 Å². The van der Waals surface area contributed by atoms with E-state index >= 15 is 0 Å². The third-order valence-electron chi connectivity index (χ3n) is 4.86. The maximum Gasteiger partial charge on any atom is 0.293 e. The standard InChI is InChI=1S/C24H20INO4S/c1-3-30-20-12-16(11-19(25)22(20)29-2)13-21-23(27)26(24(28)31-21)14-15-8-9-17-6-4-5-7-18(17)10-15/h4-13H,3,14H2,1-2H3/b21-13-. The monoisotopic (exact) mass is 545 g/mol. The molecule has 0 unspecified atom stereocenters. The zero-order valence-electron chi connectivity index (χ0n) is 17.1. The van der Waals surface area contributed by atoms with Crippen molar-refractivity contribution in [3.63, 3.8) is 0 Å². The fraction of sp³-hybridized carbons (Fsp3) is 0.167. The van der Waals surface area contributed by atoms with Gasteiger partial charge in [-0.15, -0.1) is 0 Å². The lowest BCUT2D eigenvalue weighted by Gasteiger charge is -2.13. The Hall–Kier alpha value is -2.52. The number of amides is 2. The molecule has 7 heteroatoms. The second-order valence-corrected chi connectivity index (χ2v) is 9.07. The molecule has 0 saturated carbocycles. The lowest BCUT2D eigenvalue weighted by molar-refractivity contribution is -0.123. The number of halogens is 1. The molecule has 1 heterocycles. The zero-order chi connectivity index (χ0) is 22.0. The smallest absolute Gasteiger partial charge is 0.293 e. The van der Waals surface area contributed by atoms with Crippen LogP contribution in [0.4, 0.5) is 4.79 Å². The van der Waals surface area contributed by atoms with E-state index in [1.165, 1.54) is 4.90 Å². The van der Waals surface area contributed by atoms with Gasteiger partial charge in [0.25, 0.3) is 11.1 Å². The fourth-order valence-corrected chi connectivity index (χ4v) is 5.12. The lowest BCUT2D eigenvalue weighted by atomic mass is 10.1. The number of fused-ring (bicyclic) bond motifs is 1. The highest BCUT2D eigenvalue weighted by molar-refractivity contribution is 14.1. The van der Waals surface area contributed by atoms with Crippen LogP contribution in [0.25, 0.3) is 16.8 Å². The molecule has 0 spiro atoms. The summed E-state index contributed by atoms with van der Waals surface area (Å²) < 4.78 is 12.0. The van der Waals surface area contributed by atoms with Crippen LogP contribution in [-0.4, -0.2) is 29.8 Å². The maximum atomic E-state index is 13.0. The first-order valence-electron chi connectivity index (χ1n) is 9.73. The first kappa shape index (κ1) is 21.7. The Balaban J connectivity index is 1.59. The van der Waals surface area contributed by atoms with Crippen LogP contribution in [-0.2, 0) is 11.3 Å². The minimum atomic E-state index is -0.285. The summed E-state index contributed by atoms with van der Waals surface area (Å²) in [7, 11) is 1.60. The molecule has 4 rings (SSSR count). The molecule has 31 heavy (non-hydrogen) atoms. The molecule has 158 valence electrons. The minimum Gasteiger partial charge on any atom is -0.492 e. The van der Waals surface area contributed by atoms with Crippen molar-refractivity contribution < 1.29 is 19.1 Å². The van der Waals surface area contributed by atoms with Crippen molar-refractivity contribution in [2.24, 2.45) is 0 Å². The third-order valence-corrected chi connectivity index (χ3v) is 6.57. The minimum absolute atomic E-state index is 0.247. The number of hydrogen-bond donors (Lipinski definition) is 0. The summed E-state index contributed by atoms with van der Waals surface area (Å²) in [6.07, 6.45) is 1.73. The highest BCUT2D eigenvalue weighted by atomic mass is 127. The Labute approximate surface area is 198 Å². The van der Waals surface area contributed by atoms with Crippen LogP contribution in [0.2, 0.25) is 0 Å². The van der Waals surface area contributed by atoms with Crippen LogP contribution in [0.15, 0.2) is 59.5 Å². The number of imide groups is 1. The molecule has 0 radical (unpaired) electrons. The molecule has 1 aliphatic rings. The second-order valence-electron chi connectivity index (χ2n) is 6.92. The number of methoxy groups -OCH3 is 1. The van der Waals surface area contributed by atoms with E-state index in [1.807, 2.05) is 61.5 Å². The van der Waals surface area contributed by atoms with Crippen molar-refractivity contribution >= 4 is 62.3 Å². The van der Waals surface area contributed by atoms with Crippen molar-refractivity contribution in [3.8, 4) is 11.5 Å². The lowest BCUT2D eigenvalue weighted by Crippen LogP contribution is -2.27. The number of carbonyl (C=O) groups excluding carboxylic acids is 2. The molecule has 0 N–H and O–H groups in total. The number of rotatable bonds is 6. The van der Waals surface area contributed by atoms with Gasteiger partial charge in [0.05, 0.1) is 28.7 Å². The summed E-state index contributed by atoms with van der Waals surface area (Å²) in [5, 5.41) is 1.94. The van der Waals surface area contributed by atoms with E-state index in [9.17, 15) is 9.59 Å². The quantitative estimate of drug-likeness (QED) is 0.277. The van der Waals surface area contributed by atoms with Crippen LogP contribution in [0.1, 0.15) is 18.1 Å². The second kappa shape index (κ2) is 9.32. The van der Waals surface area contributed by atoms with Gasteiger partial charge in [-0.2, -0.15) is 0 Å². The summed E-state index contributed by atoms with van der Waals surface area (Å²) in [5.41, 5.74) is 1.70. The van der Waals surface area contributed by atoms with E-state index in [-0.39, 0.29) is 17.7 Å². The molecular formula is C24H20INO4S. The van der Waals surface area contributed by atoms with Gasteiger partial charge in [0, 0.05) is 0 Å². The molecule has 1 aliphatic heterocycles. The number of nitrogens with zero attached hydrogens (tertiary/aromatic N) is 1. The van der Waals surface area contributed by atoms with Gasteiger partial charge in [-0.1, -0.05) is 36.4 Å². The summed E-state index contributed by atoms with van der Waals surface area (Å²) in [6.45, 7) is 2.65.